The molecule has 1 aromatic carbocycles. The molecule has 0 bridgehead atoms. The lowest BCUT2D eigenvalue weighted by Crippen LogP contribution is -2.13. The number of hydrogen-bond donors (Lipinski definition) is 0. The van der Waals surface area contributed by atoms with Gasteiger partial charge in [0.2, 0.25) is 0 Å². The number of carbonyl (C=O) groups excluding carboxylic acids is 1. The second-order valence-electron chi connectivity index (χ2n) is 4.84. The molecule has 0 N–H and O–H groups in total. The van der Waals surface area contributed by atoms with Crippen LogP contribution >= 0.6 is 0 Å². The number of halogens is 2. The van der Waals surface area contributed by atoms with Crippen molar-refractivity contribution in [2.75, 3.05) is 13.2 Å². The summed E-state index contributed by atoms with van der Waals surface area (Å²) < 4.78 is 31.8. The number of benzene rings is 1. The van der Waals surface area contributed by atoms with Crippen molar-refractivity contribution < 1.29 is 18.3 Å². The third kappa shape index (κ3) is 5.78. The van der Waals surface area contributed by atoms with Gasteiger partial charge in [0.1, 0.15) is 18.2 Å². The fourth-order valence-corrected chi connectivity index (χ4v) is 1.99. The van der Waals surface area contributed by atoms with Crippen molar-refractivity contribution in [1.29, 1.82) is 0 Å². The van der Waals surface area contributed by atoms with Gasteiger partial charge in [-0.25, -0.2) is 8.78 Å². The number of hydrogen-bond acceptors (Lipinski definition) is 2. The van der Waals surface area contributed by atoms with Crippen molar-refractivity contribution in [1.82, 2.24) is 0 Å². The van der Waals surface area contributed by atoms with Crippen LogP contribution in [0.1, 0.15) is 55.8 Å². The van der Waals surface area contributed by atoms with Crippen LogP contribution in [-0.4, -0.2) is 19.0 Å². The Kier molecular flexibility index (Phi) is 8.04. The molecule has 0 spiro atoms. The SMILES string of the molecule is CCCCCCCCOCC(=O)c1c(F)cccc1F. The van der Waals surface area contributed by atoms with Crippen LogP contribution in [-0.2, 0) is 4.74 Å². The summed E-state index contributed by atoms with van der Waals surface area (Å²) in [4.78, 5) is 11.7. The predicted molar refractivity (Wildman–Crippen MR) is 74.9 cm³/mol. The van der Waals surface area contributed by atoms with Gasteiger partial charge in [-0.3, -0.25) is 4.79 Å². The molecule has 1 rings (SSSR count). The highest BCUT2D eigenvalue weighted by atomic mass is 19.1. The van der Waals surface area contributed by atoms with E-state index < -0.39 is 23.0 Å². The normalized spacial score (nSPS) is 10.8. The molecule has 0 aliphatic heterocycles. The Hall–Kier alpha value is -1.29. The van der Waals surface area contributed by atoms with Gasteiger partial charge in [-0.2, -0.15) is 0 Å². The maximum absolute atomic E-state index is 13.3. The van der Waals surface area contributed by atoms with Crippen LogP contribution in [0.2, 0.25) is 0 Å². The second-order valence-corrected chi connectivity index (χ2v) is 4.84. The molecule has 4 heteroatoms. The molecule has 2 nitrogen and oxygen atoms in total. The second kappa shape index (κ2) is 9.59. The number of unbranched alkanes of at least 4 members (excludes halogenated alkanes) is 5. The molecule has 0 atom stereocenters. The van der Waals surface area contributed by atoms with Gasteiger partial charge >= 0.3 is 0 Å². The number of ketones is 1. The first-order valence-corrected chi connectivity index (χ1v) is 7.21. The zero-order valence-corrected chi connectivity index (χ0v) is 12.0. The highest BCUT2D eigenvalue weighted by Gasteiger charge is 2.16. The summed E-state index contributed by atoms with van der Waals surface area (Å²) in [6.45, 7) is 2.34. The van der Waals surface area contributed by atoms with E-state index in [1.54, 1.807) is 0 Å². The van der Waals surface area contributed by atoms with E-state index in [4.69, 9.17) is 4.74 Å². The maximum Gasteiger partial charge on any atom is 0.194 e. The molecule has 1 aromatic rings. The summed E-state index contributed by atoms with van der Waals surface area (Å²) in [6, 6.07) is 3.38. The Morgan fingerprint density at radius 1 is 1.05 bits per heavy atom. The van der Waals surface area contributed by atoms with Crippen molar-refractivity contribution in [3.63, 3.8) is 0 Å². The van der Waals surface area contributed by atoms with Crippen molar-refractivity contribution >= 4 is 5.78 Å². The topological polar surface area (TPSA) is 26.3 Å². The highest BCUT2D eigenvalue weighted by molar-refractivity contribution is 5.97. The van der Waals surface area contributed by atoms with Crippen LogP contribution in [0.4, 0.5) is 8.78 Å². The van der Waals surface area contributed by atoms with Crippen LogP contribution in [0.15, 0.2) is 18.2 Å². The average Bonchev–Trinajstić information content (AvgIpc) is 2.41. The number of ether oxygens (including phenoxy) is 1. The molecule has 0 amide bonds. The summed E-state index contributed by atoms with van der Waals surface area (Å²) in [5, 5.41) is 0. The van der Waals surface area contributed by atoms with Crippen LogP contribution in [0.5, 0.6) is 0 Å². The van der Waals surface area contributed by atoms with E-state index in [0.29, 0.717) is 6.61 Å². The Morgan fingerprint density at radius 3 is 2.30 bits per heavy atom. The molecule has 0 radical (unpaired) electrons. The molecule has 112 valence electrons. The molecule has 20 heavy (non-hydrogen) atoms. The quantitative estimate of drug-likeness (QED) is 0.466. The van der Waals surface area contributed by atoms with Crippen molar-refractivity contribution in [2.45, 2.75) is 45.4 Å². The van der Waals surface area contributed by atoms with E-state index in [0.717, 1.165) is 31.4 Å². The molecule has 0 heterocycles. The van der Waals surface area contributed by atoms with Gasteiger partial charge in [-0.15, -0.1) is 0 Å². The van der Waals surface area contributed by atoms with Gasteiger partial charge in [0, 0.05) is 6.61 Å². The number of carbonyl (C=O) groups is 1. The monoisotopic (exact) mass is 284 g/mol. The molecule has 0 saturated heterocycles. The van der Waals surface area contributed by atoms with E-state index in [9.17, 15) is 13.6 Å². The fourth-order valence-electron chi connectivity index (χ4n) is 1.99. The van der Waals surface area contributed by atoms with Gasteiger partial charge in [0.15, 0.2) is 5.78 Å². The van der Waals surface area contributed by atoms with E-state index in [1.807, 2.05) is 0 Å². The molecule has 0 fully saturated rings. The number of rotatable bonds is 10. The Morgan fingerprint density at radius 2 is 1.65 bits per heavy atom. The third-order valence-corrected chi connectivity index (χ3v) is 3.12. The van der Waals surface area contributed by atoms with Crippen LogP contribution in [0.25, 0.3) is 0 Å². The minimum Gasteiger partial charge on any atom is -0.373 e. The largest absolute Gasteiger partial charge is 0.373 e. The van der Waals surface area contributed by atoms with Gasteiger partial charge in [0.05, 0.1) is 5.56 Å². The van der Waals surface area contributed by atoms with Gasteiger partial charge in [-0.05, 0) is 18.6 Å². The lowest BCUT2D eigenvalue weighted by Gasteiger charge is -2.05. The Balaban J connectivity index is 2.21. The van der Waals surface area contributed by atoms with Gasteiger partial charge in [0.25, 0.3) is 0 Å². The lowest BCUT2D eigenvalue weighted by atomic mass is 10.1. The van der Waals surface area contributed by atoms with Crippen LogP contribution in [0, 0.1) is 11.6 Å². The summed E-state index contributed by atoms with van der Waals surface area (Å²) in [5.41, 5.74) is -0.504. The first-order chi connectivity index (χ1) is 9.66. The van der Waals surface area contributed by atoms with Crippen LogP contribution < -0.4 is 0 Å². The van der Waals surface area contributed by atoms with Gasteiger partial charge < -0.3 is 4.74 Å². The maximum atomic E-state index is 13.3. The summed E-state index contributed by atoms with van der Waals surface area (Å²) in [6.07, 6.45) is 6.76. The van der Waals surface area contributed by atoms with E-state index in [2.05, 4.69) is 6.92 Å². The molecule has 0 aromatic heterocycles. The highest BCUT2D eigenvalue weighted by Crippen LogP contribution is 2.13. The van der Waals surface area contributed by atoms with Crippen molar-refractivity contribution in [3.05, 3.63) is 35.4 Å². The number of Topliss-reactive ketones (excluding diaryl/α,β-unsaturated/α-hetero) is 1. The smallest absolute Gasteiger partial charge is 0.194 e. The van der Waals surface area contributed by atoms with Gasteiger partial charge in [-0.1, -0.05) is 45.1 Å². The molecule has 0 aliphatic carbocycles. The predicted octanol–water partition coefficient (Wildman–Crippen LogP) is 4.52. The fraction of sp³-hybridized carbons (Fsp3) is 0.562. The van der Waals surface area contributed by atoms with E-state index >= 15 is 0 Å². The minimum atomic E-state index is -0.835. The lowest BCUT2D eigenvalue weighted by molar-refractivity contribution is 0.0744. The standard InChI is InChI=1S/C16H22F2O2/c1-2-3-4-5-6-7-11-20-12-15(19)16-13(17)9-8-10-14(16)18/h8-10H,2-7,11-12H2,1H3. The zero-order chi connectivity index (χ0) is 14.8. The molecule has 0 unspecified atom stereocenters. The minimum absolute atomic E-state index is 0.271. The van der Waals surface area contributed by atoms with Crippen molar-refractivity contribution in [2.24, 2.45) is 0 Å². The van der Waals surface area contributed by atoms with E-state index in [1.165, 1.54) is 25.3 Å². The zero-order valence-electron chi connectivity index (χ0n) is 12.0. The Bertz CT molecular complexity index is 399. The Labute approximate surface area is 119 Å². The molecule has 0 saturated carbocycles. The summed E-state index contributed by atoms with van der Waals surface area (Å²) in [7, 11) is 0. The molecule has 0 aliphatic rings. The summed E-state index contributed by atoms with van der Waals surface area (Å²) in [5.74, 6) is -2.32. The molecular formula is C16H22F2O2. The van der Waals surface area contributed by atoms with Crippen molar-refractivity contribution in [3.8, 4) is 0 Å². The average molecular weight is 284 g/mol. The molecular weight excluding hydrogens is 262 g/mol. The summed E-state index contributed by atoms with van der Waals surface area (Å²) >= 11 is 0. The first-order valence-electron chi connectivity index (χ1n) is 7.21. The third-order valence-electron chi connectivity index (χ3n) is 3.12. The van der Waals surface area contributed by atoms with Crippen LogP contribution in [0.3, 0.4) is 0 Å². The first kappa shape index (κ1) is 16.8. The van der Waals surface area contributed by atoms with E-state index in [-0.39, 0.29) is 6.61 Å².